The lowest BCUT2D eigenvalue weighted by Crippen LogP contribution is -2.15. The second-order valence-electron chi connectivity index (χ2n) is 6.38. The highest BCUT2D eigenvalue weighted by Crippen LogP contribution is 2.28. The summed E-state index contributed by atoms with van der Waals surface area (Å²) in [6, 6.07) is 16.1. The summed E-state index contributed by atoms with van der Waals surface area (Å²) in [6.07, 6.45) is 0. The summed E-state index contributed by atoms with van der Waals surface area (Å²) in [4.78, 5) is 12.4. The van der Waals surface area contributed by atoms with Gasteiger partial charge in [0.2, 0.25) is 5.91 Å². The predicted molar refractivity (Wildman–Crippen MR) is 120 cm³/mol. The fourth-order valence-electron chi connectivity index (χ4n) is 2.87. The molecule has 0 atom stereocenters. The van der Waals surface area contributed by atoms with Crippen molar-refractivity contribution < 1.29 is 14.3 Å². The molecule has 0 spiro atoms. The third kappa shape index (κ3) is 4.73. The third-order valence-corrected chi connectivity index (χ3v) is 5.53. The number of benzene rings is 2. The van der Waals surface area contributed by atoms with E-state index in [-0.39, 0.29) is 11.7 Å². The first kappa shape index (κ1) is 21.0. The average Bonchev–Trinajstić information content (AvgIpc) is 3.21. The molecule has 10 heteroatoms. The Bertz CT molecular complexity index is 1230. The summed E-state index contributed by atoms with van der Waals surface area (Å²) >= 11 is 7.31. The van der Waals surface area contributed by atoms with E-state index in [2.05, 4.69) is 20.6 Å². The van der Waals surface area contributed by atoms with E-state index in [0.29, 0.717) is 33.0 Å². The van der Waals surface area contributed by atoms with Gasteiger partial charge in [0.1, 0.15) is 16.5 Å². The van der Waals surface area contributed by atoms with Gasteiger partial charge in [0.05, 0.1) is 25.7 Å². The Morgan fingerprint density at radius 3 is 2.61 bits per heavy atom. The van der Waals surface area contributed by atoms with Crippen molar-refractivity contribution >= 4 is 40.6 Å². The number of methoxy groups -OCH3 is 2. The number of amides is 1. The molecular weight excluding hydrogens is 438 g/mol. The highest BCUT2D eigenvalue weighted by molar-refractivity contribution is 7.99. The zero-order chi connectivity index (χ0) is 21.8. The Balaban J connectivity index is 1.49. The molecule has 2 aromatic carbocycles. The first-order valence-corrected chi connectivity index (χ1v) is 10.6. The van der Waals surface area contributed by atoms with Gasteiger partial charge in [-0.05, 0) is 54.6 Å². The predicted octanol–water partition coefficient (Wildman–Crippen LogP) is 4.19. The van der Waals surface area contributed by atoms with E-state index in [1.54, 1.807) is 35.9 Å². The van der Waals surface area contributed by atoms with Crippen LogP contribution in [0.2, 0.25) is 5.02 Å². The SMILES string of the molecule is COc1ccc(-c2nnc3ccc(SCC(=O)Nc4cc(Cl)ccc4OC)nn23)cc1. The summed E-state index contributed by atoms with van der Waals surface area (Å²) in [5.41, 5.74) is 1.99. The minimum atomic E-state index is -0.202. The Morgan fingerprint density at radius 2 is 1.87 bits per heavy atom. The van der Waals surface area contributed by atoms with Crippen LogP contribution in [0.4, 0.5) is 5.69 Å². The van der Waals surface area contributed by atoms with Crippen LogP contribution in [0.1, 0.15) is 0 Å². The number of nitrogens with one attached hydrogen (secondary N) is 1. The molecule has 0 saturated carbocycles. The third-order valence-electron chi connectivity index (χ3n) is 4.37. The Labute approximate surface area is 187 Å². The van der Waals surface area contributed by atoms with Gasteiger partial charge in [-0.3, -0.25) is 4.79 Å². The van der Waals surface area contributed by atoms with Crippen molar-refractivity contribution in [1.29, 1.82) is 0 Å². The van der Waals surface area contributed by atoms with Crippen LogP contribution in [-0.2, 0) is 4.79 Å². The van der Waals surface area contributed by atoms with Crippen molar-refractivity contribution in [1.82, 2.24) is 19.8 Å². The average molecular weight is 456 g/mol. The Morgan fingerprint density at radius 1 is 1.06 bits per heavy atom. The number of fused-ring (bicyclic) bond motifs is 1. The molecule has 0 aliphatic rings. The number of nitrogens with zero attached hydrogens (tertiary/aromatic N) is 4. The fourth-order valence-corrected chi connectivity index (χ4v) is 3.70. The zero-order valence-electron chi connectivity index (χ0n) is 16.7. The quantitative estimate of drug-likeness (QED) is 0.418. The zero-order valence-corrected chi connectivity index (χ0v) is 18.3. The van der Waals surface area contributed by atoms with Crippen molar-refractivity contribution in [3.05, 3.63) is 59.6 Å². The lowest BCUT2D eigenvalue weighted by molar-refractivity contribution is -0.113. The van der Waals surface area contributed by atoms with Gasteiger partial charge in [0, 0.05) is 10.6 Å². The van der Waals surface area contributed by atoms with Gasteiger partial charge >= 0.3 is 0 Å². The lowest BCUT2D eigenvalue weighted by atomic mass is 10.2. The smallest absolute Gasteiger partial charge is 0.234 e. The van der Waals surface area contributed by atoms with Crippen molar-refractivity contribution in [3.8, 4) is 22.9 Å². The van der Waals surface area contributed by atoms with E-state index in [4.69, 9.17) is 21.1 Å². The van der Waals surface area contributed by atoms with Gasteiger partial charge in [-0.15, -0.1) is 10.2 Å². The van der Waals surface area contributed by atoms with Crippen molar-refractivity contribution in [3.63, 3.8) is 0 Å². The summed E-state index contributed by atoms with van der Waals surface area (Å²) < 4.78 is 12.1. The van der Waals surface area contributed by atoms with Crippen molar-refractivity contribution in [2.75, 3.05) is 25.3 Å². The molecule has 0 aliphatic heterocycles. The normalized spacial score (nSPS) is 10.8. The van der Waals surface area contributed by atoms with Crippen LogP contribution in [0.3, 0.4) is 0 Å². The van der Waals surface area contributed by atoms with E-state index in [1.165, 1.54) is 18.9 Å². The second-order valence-corrected chi connectivity index (χ2v) is 7.81. The summed E-state index contributed by atoms with van der Waals surface area (Å²) in [5, 5.41) is 17.0. The molecule has 4 rings (SSSR count). The summed E-state index contributed by atoms with van der Waals surface area (Å²) in [6.45, 7) is 0. The topological polar surface area (TPSA) is 90.6 Å². The van der Waals surface area contributed by atoms with Crippen molar-refractivity contribution in [2.24, 2.45) is 0 Å². The minimum Gasteiger partial charge on any atom is -0.497 e. The molecule has 2 heterocycles. The fraction of sp³-hybridized carbons (Fsp3) is 0.143. The molecule has 0 unspecified atom stereocenters. The second kappa shape index (κ2) is 9.23. The number of carbonyl (C=O) groups is 1. The van der Waals surface area contributed by atoms with Gasteiger partial charge in [-0.1, -0.05) is 23.4 Å². The minimum absolute atomic E-state index is 0.161. The van der Waals surface area contributed by atoms with Crippen LogP contribution >= 0.6 is 23.4 Å². The van der Waals surface area contributed by atoms with Gasteiger partial charge in [0.15, 0.2) is 11.5 Å². The van der Waals surface area contributed by atoms with Crippen LogP contribution in [-0.4, -0.2) is 45.7 Å². The van der Waals surface area contributed by atoms with E-state index in [0.717, 1.165) is 11.3 Å². The molecule has 1 amide bonds. The van der Waals surface area contributed by atoms with Crippen LogP contribution in [0.5, 0.6) is 11.5 Å². The number of thioether (sulfide) groups is 1. The lowest BCUT2D eigenvalue weighted by Gasteiger charge is -2.10. The summed E-state index contributed by atoms with van der Waals surface area (Å²) in [7, 11) is 3.15. The highest BCUT2D eigenvalue weighted by atomic mass is 35.5. The number of halogens is 1. The maximum Gasteiger partial charge on any atom is 0.234 e. The summed E-state index contributed by atoms with van der Waals surface area (Å²) in [5.74, 6) is 1.86. The molecule has 0 saturated heterocycles. The van der Waals surface area contributed by atoms with E-state index in [1.807, 2.05) is 30.3 Å². The number of carbonyl (C=O) groups excluding carboxylic acids is 1. The molecular formula is C21H18ClN5O3S. The molecule has 4 aromatic rings. The number of anilines is 1. The Hall–Kier alpha value is -3.30. The van der Waals surface area contributed by atoms with Gasteiger partial charge in [-0.25, -0.2) is 0 Å². The van der Waals surface area contributed by atoms with Gasteiger partial charge < -0.3 is 14.8 Å². The van der Waals surface area contributed by atoms with Crippen LogP contribution < -0.4 is 14.8 Å². The first-order valence-electron chi connectivity index (χ1n) is 9.20. The molecule has 31 heavy (non-hydrogen) atoms. The monoisotopic (exact) mass is 455 g/mol. The maximum absolute atomic E-state index is 12.4. The van der Waals surface area contributed by atoms with Crippen LogP contribution in [0.15, 0.2) is 59.6 Å². The molecule has 0 fully saturated rings. The number of hydrogen-bond acceptors (Lipinski definition) is 7. The van der Waals surface area contributed by atoms with Gasteiger partial charge in [-0.2, -0.15) is 9.61 Å². The standard InChI is InChI=1S/C21H18ClN5O3S/c1-29-15-6-3-13(4-7-15)21-25-24-18-9-10-20(26-27(18)21)31-12-19(28)23-16-11-14(22)5-8-17(16)30-2/h3-11H,12H2,1-2H3,(H,23,28). The molecule has 158 valence electrons. The van der Waals surface area contributed by atoms with Crippen LogP contribution in [0.25, 0.3) is 17.0 Å². The molecule has 8 nitrogen and oxygen atoms in total. The van der Waals surface area contributed by atoms with Gasteiger partial charge in [0.25, 0.3) is 0 Å². The van der Waals surface area contributed by atoms with E-state index < -0.39 is 0 Å². The van der Waals surface area contributed by atoms with Crippen molar-refractivity contribution in [2.45, 2.75) is 5.03 Å². The molecule has 0 aliphatic carbocycles. The first-order chi connectivity index (χ1) is 15.1. The molecule has 1 N–H and O–H groups in total. The largest absolute Gasteiger partial charge is 0.497 e. The van der Waals surface area contributed by atoms with E-state index >= 15 is 0 Å². The van der Waals surface area contributed by atoms with Crippen LogP contribution in [0, 0.1) is 0 Å². The number of hydrogen-bond donors (Lipinski definition) is 1. The number of aromatic nitrogens is 4. The molecule has 2 aromatic heterocycles. The van der Waals surface area contributed by atoms with E-state index in [9.17, 15) is 4.79 Å². The molecule has 0 bridgehead atoms. The molecule has 0 radical (unpaired) electrons. The Kier molecular flexibility index (Phi) is 6.24. The number of ether oxygens (including phenoxy) is 2. The number of rotatable bonds is 7. The maximum atomic E-state index is 12.4. The highest BCUT2D eigenvalue weighted by Gasteiger charge is 2.13.